The predicted octanol–water partition coefficient (Wildman–Crippen LogP) is 1.98. The highest BCUT2D eigenvalue weighted by Crippen LogP contribution is 2.33. The molecule has 0 aliphatic carbocycles. The van der Waals surface area contributed by atoms with E-state index in [1.807, 2.05) is 17.7 Å². The van der Waals surface area contributed by atoms with E-state index in [0.717, 1.165) is 9.77 Å². The van der Waals surface area contributed by atoms with Gasteiger partial charge in [0.15, 0.2) is 5.82 Å². The van der Waals surface area contributed by atoms with Crippen LogP contribution >= 0.6 is 23.1 Å². The molecule has 0 aliphatic heterocycles. The summed E-state index contributed by atoms with van der Waals surface area (Å²) in [6.45, 7) is 0.309. The predicted molar refractivity (Wildman–Crippen MR) is 57.3 cm³/mol. The zero-order valence-electron chi connectivity index (χ0n) is 7.56. The highest BCUT2D eigenvalue weighted by molar-refractivity contribution is 7.98. The van der Waals surface area contributed by atoms with Crippen molar-refractivity contribution < 1.29 is 4.52 Å². The van der Waals surface area contributed by atoms with Gasteiger partial charge in [0.1, 0.15) is 4.88 Å². The summed E-state index contributed by atoms with van der Waals surface area (Å²) in [7, 11) is 0. The van der Waals surface area contributed by atoms with Gasteiger partial charge >= 0.3 is 0 Å². The van der Waals surface area contributed by atoms with Crippen LogP contribution in [0.1, 0.15) is 5.82 Å². The lowest BCUT2D eigenvalue weighted by atomic mass is 10.4. The molecule has 0 saturated carbocycles. The summed E-state index contributed by atoms with van der Waals surface area (Å²) in [6, 6.07) is 2.04. The fourth-order valence-electron chi connectivity index (χ4n) is 1.04. The Bertz CT molecular complexity index is 424. The van der Waals surface area contributed by atoms with E-state index < -0.39 is 0 Å². The first-order valence-electron chi connectivity index (χ1n) is 3.99. The van der Waals surface area contributed by atoms with E-state index >= 15 is 0 Å². The fourth-order valence-corrected chi connectivity index (χ4v) is 2.71. The number of aromatic nitrogens is 2. The summed E-state index contributed by atoms with van der Waals surface area (Å²) < 4.78 is 5.10. The number of thioether (sulfide) groups is 1. The lowest BCUT2D eigenvalue weighted by Crippen LogP contribution is -1.97. The van der Waals surface area contributed by atoms with E-state index in [1.165, 1.54) is 0 Å². The topological polar surface area (TPSA) is 64.9 Å². The molecule has 0 saturated heterocycles. The average Bonchev–Trinajstić information content (AvgIpc) is 2.85. The SMILES string of the molecule is CSc1ccsc1-c1nc(CN)no1. The van der Waals surface area contributed by atoms with E-state index in [1.54, 1.807) is 23.1 Å². The number of rotatable bonds is 3. The fraction of sp³-hybridized carbons (Fsp3) is 0.250. The Labute approximate surface area is 89.5 Å². The van der Waals surface area contributed by atoms with Crippen LogP contribution in [0.3, 0.4) is 0 Å². The summed E-state index contributed by atoms with van der Waals surface area (Å²) in [5.74, 6) is 1.10. The van der Waals surface area contributed by atoms with Crippen molar-refractivity contribution in [2.24, 2.45) is 5.73 Å². The molecule has 2 heterocycles. The van der Waals surface area contributed by atoms with Crippen molar-refractivity contribution in [3.63, 3.8) is 0 Å². The Morgan fingerprint density at radius 2 is 2.50 bits per heavy atom. The molecular formula is C8H9N3OS2. The highest BCUT2D eigenvalue weighted by atomic mass is 32.2. The average molecular weight is 227 g/mol. The third kappa shape index (κ3) is 1.68. The van der Waals surface area contributed by atoms with Gasteiger partial charge in [-0.1, -0.05) is 5.16 Å². The maximum Gasteiger partial charge on any atom is 0.269 e. The molecule has 0 aliphatic rings. The Balaban J connectivity index is 2.38. The molecule has 14 heavy (non-hydrogen) atoms. The van der Waals surface area contributed by atoms with Crippen molar-refractivity contribution in [1.29, 1.82) is 0 Å². The minimum atomic E-state index is 0.309. The molecule has 0 radical (unpaired) electrons. The van der Waals surface area contributed by atoms with Gasteiger partial charge in [-0.05, 0) is 17.7 Å². The summed E-state index contributed by atoms with van der Waals surface area (Å²) >= 11 is 3.26. The molecule has 0 bridgehead atoms. The van der Waals surface area contributed by atoms with Gasteiger partial charge in [-0.3, -0.25) is 0 Å². The second kappa shape index (κ2) is 4.12. The van der Waals surface area contributed by atoms with E-state index in [2.05, 4.69) is 10.1 Å². The highest BCUT2D eigenvalue weighted by Gasteiger charge is 2.13. The van der Waals surface area contributed by atoms with E-state index in [0.29, 0.717) is 18.3 Å². The van der Waals surface area contributed by atoms with Gasteiger partial charge in [-0.2, -0.15) is 4.98 Å². The van der Waals surface area contributed by atoms with Crippen molar-refractivity contribution >= 4 is 23.1 Å². The molecule has 6 heteroatoms. The third-order valence-electron chi connectivity index (χ3n) is 1.69. The number of nitrogens with two attached hydrogens (primary N) is 1. The Kier molecular flexibility index (Phi) is 2.85. The standard InChI is InChI=1S/C8H9N3OS2/c1-13-5-2-3-14-7(5)8-10-6(4-9)11-12-8/h2-3H,4,9H2,1H3. The molecular weight excluding hydrogens is 218 g/mol. The molecule has 2 aromatic heterocycles. The third-order valence-corrected chi connectivity index (χ3v) is 3.51. The molecule has 0 amide bonds. The Morgan fingerprint density at radius 1 is 1.64 bits per heavy atom. The van der Waals surface area contributed by atoms with Gasteiger partial charge < -0.3 is 10.3 Å². The van der Waals surface area contributed by atoms with Crippen LogP contribution < -0.4 is 5.73 Å². The molecule has 2 rings (SSSR count). The van der Waals surface area contributed by atoms with Crippen molar-refractivity contribution in [2.75, 3.05) is 6.26 Å². The zero-order chi connectivity index (χ0) is 9.97. The van der Waals surface area contributed by atoms with Crippen molar-refractivity contribution in [1.82, 2.24) is 10.1 Å². The molecule has 0 atom stereocenters. The molecule has 4 nitrogen and oxygen atoms in total. The van der Waals surface area contributed by atoms with Crippen molar-refractivity contribution in [3.05, 3.63) is 17.3 Å². The van der Waals surface area contributed by atoms with Crippen molar-refractivity contribution in [3.8, 4) is 10.8 Å². The van der Waals surface area contributed by atoms with E-state index in [-0.39, 0.29) is 0 Å². The van der Waals surface area contributed by atoms with Crippen molar-refractivity contribution in [2.45, 2.75) is 11.4 Å². The second-order valence-electron chi connectivity index (χ2n) is 2.54. The maximum atomic E-state index is 5.40. The lowest BCUT2D eigenvalue weighted by Gasteiger charge is -1.92. The Hall–Kier alpha value is -0.850. The number of thiophene rings is 1. The minimum Gasteiger partial charge on any atom is -0.333 e. The first-order chi connectivity index (χ1) is 6.85. The number of hydrogen-bond acceptors (Lipinski definition) is 6. The monoisotopic (exact) mass is 227 g/mol. The molecule has 0 unspecified atom stereocenters. The van der Waals surface area contributed by atoms with Gasteiger partial charge in [0.05, 0.1) is 6.54 Å². The van der Waals surface area contributed by atoms with Gasteiger partial charge in [-0.15, -0.1) is 23.1 Å². The Morgan fingerprint density at radius 3 is 3.14 bits per heavy atom. The van der Waals surface area contributed by atoms with E-state index in [9.17, 15) is 0 Å². The number of hydrogen-bond donors (Lipinski definition) is 1. The molecule has 0 aromatic carbocycles. The normalized spacial score (nSPS) is 10.7. The molecule has 0 fully saturated rings. The van der Waals surface area contributed by atoms with Gasteiger partial charge in [0.2, 0.25) is 0 Å². The maximum absolute atomic E-state index is 5.40. The van der Waals surface area contributed by atoms with Crippen LogP contribution in [0.15, 0.2) is 20.9 Å². The smallest absolute Gasteiger partial charge is 0.269 e. The van der Waals surface area contributed by atoms with Crippen LogP contribution in [0.25, 0.3) is 10.8 Å². The molecule has 0 spiro atoms. The summed E-state index contributed by atoms with van der Waals surface area (Å²) in [5, 5.41) is 5.76. The minimum absolute atomic E-state index is 0.309. The van der Waals surface area contributed by atoms with Gasteiger partial charge in [0, 0.05) is 4.90 Å². The summed E-state index contributed by atoms with van der Waals surface area (Å²) in [4.78, 5) is 6.35. The summed E-state index contributed by atoms with van der Waals surface area (Å²) in [6.07, 6.45) is 2.02. The van der Waals surface area contributed by atoms with Gasteiger partial charge in [-0.25, -0.2) is 0 Å². The molecule has 2 N–H and O–H groups in total. The van der Waals surface area contributed by atoms with Crippen LogP contribution in [0.5, 0.6) is 0 Å². The molecule has 74 valence electrons. The summed E-state index contributed by atoms with van der Waals surface area (Å²) in [5.41, 5.74) is 5.40. The largest absolute Gasteiger partial charge is 0.333 e. The lowest BCUT2D eigenvalue weighted by molar-refractivity contribution is 0.423. The van der Waals surface area contributed by atoms with Crippen LogP contribution in [0, 0.1) is 0 Å². The quantitative estimate of drug-likeness (QED) is 0.812. The first kappa shape index (κ1) is 9.70. The molecule has 2 aromatic rings. The number of nitrogens with zero attached hydrogens (tertiary/aromatic N) is 2. The van der Waals surface area contributed by atoms with Crippen LogP contribution in [-0.2, 0) is 6.54 Å². The second-order valence-corrected chi connectivity index (χ2v) is 4.30. The van der Waals surface area contributed by atoms with E-state index in [4.69, 9.17) is 10.3 Å². The first-order valence-corrected chi connectivity index (χ1v) is 6.10. The van der Waals surface area contributed by atoms with Gasteiger partial charge in [0.25, 0.3) is 5.89 Å². The zero-order valence-corrected chi connectivity index (χ0v) is 9.19. The van der Waals surface area contributed by atoms with Crippen LogP contribution in [0.2, 0.25) is 0 Å². The van der Waals surface area contributed by atoms with Crippen LogP contribution in [0.4, 0.5) is 0 Å². The van der Waals surface area contributed by atoms with Crippen LogP contribution in [-0.4, -0.2) is 16.4 Å².